The largest absolute Gasteiger partial charge is 0.481 e. The molecule has 1 saturated heterocycles. The van der Waals surface area contributed by atoms with Crippen LogP contribution in [0.1, 0.15) is 72.3 Å². The van der Waals surface area contributed by atoms with Crippen LogP contribution in [0.5, 0.6) is 0 Å². The van der Waals surface area contributed by atoms with E-state index < -0.39 is 21.9 Å². The first-order valence-electron chi connectivity index (χ1n) is 15.6. The van der Waals surface area contributed by atoms with E-state index in [0.29, 0.717) is 18.3 Å². The highest BCUT2D eigenvalue weighted by Gasteiger charge is 2.39. The maximum absolute atomic E-state index is 14.1. The zero-order chi connectivity index (χ0) is 30.6. The molecule has 2 aromatic heterocycles. The summed E-state index contributed by atoms with van der Waals surface area (Å²) in [5.74, 6) is -0.119. The van der Waals surface area contributed by atoms with Gasteiger partial charge in [0.1, 0.15) is 16.2 Å². The number of piperidine rings is 1. The SMILES string of the molecule is Cc1ccc(C(CC(=O)O)c2ccc3c(nnn3CC3CC3)c2C)cc1CN1CC2CCCCN2c2ncccc2S1(=O)=O. The zero-order valence-corrected chi connectivity index (χ0v) is 26.0. The molecule has 4 aromatic rings. The molecule has 0 amide bonds. The molecule has 0 bridgehead atoms. The van der Waals surface area contributed by atoms with E-state index in [1.807, 2.05) is 48.9 Å². The third-order valence-electron chi connectivity index (χ3n) is 9.67. The summed E-state index contributed by atoms with van der Waals surface area (Å²) in [5, 5.41) is 18.9. The van der Waals surface area contributed by atoms with E-state index in [2.05, 4.69) is 20.2 Å². The number of benzene rings is 2. The third kappa shape index (κ3) is 5.26. The van der Waals surface area contributed by atoms with Gasteiger partial charge >= 0.3 is 5.97 Å². The van der Waals surface area contributed by atoms with Gasteiger partial charge in [0, 0.05) is 44.3 Å². The van der Waals surface area contributed by atoms with Gasteiger partial charge in [0.15, 0.2) is 0 Å². The van der Waals surface area contributed by atoms with Crippen molar-refractivity contribution in [1.29, 1.82) is 0 Å². The second-order valence-electron chi connectivity index (χ2n) is 12.7. The van der Waals surface area contributed by atoms with E-state index in [0.717, 1.165) is 71.2 Å². The quantitative estimate of drug-likeness (QED) is 0.294. The van der Waals surface area contributed by atoms with Crippen molar-refractivity contribution in [1.82, 2.24) is 24.3 Å². The number of pyridine rings is 1. The molecule has 11 heteroatoms. The predicted molar refractivity (Wildman–Crippen MR) is 167 cm³/mol. The van der Waals surface area contributed by atoms with Gasteiger partial charge in [-0.15, -0.1) is 5.10 Å². The molecule has 2 unspecified atom stereocenters. The van der Waals surface area contributed by atoms with E-state index >= 15 is 0 Å². The summed E-state index contributed by atoms with van der Waals surface area (Å²) in [6.07, 6.45) is 6.99. The average Bonchev–Trinajstić information content (AvgIpc) is 3.75. The molecule has 1 N–H and O–H groups in total. The molecule has 4 heterocycles. The van der Waals surface area contributed by atoms with Crippen LogP contribution >= 0.6 is 0 Å². The van der Waals surface area contributed by atoms with Crippen molar-refractivity contribution in [2.24, 2.45) is 5.92 Å². The van der Waals surface area contributed by atoms with Crippen LogP contribution in [-0.2, 0) is 27.9 Å². The second kappa shape index (κ2) is 11.3. The number of carboxylic acids is 1. The molecular weight excluding hydrogens is 576 g/mol. The Hall–Kier alpha value is -3.83. The molecule has 2 atom stereocenters. The highest BCUT2D eigenvalue weighted by Crippen LogP contribution is 2.38. The monoisotopic (exact) mass is 614 g/mol. The number of fused-ring (bicyclic) bond motifs is 4. The van der Waals surface area contributed by atoms with Crippen LogP contribution in [0.15, 0.2) is 53.6 Å². The summed E-state index contributed by atoms with van der Waals surface area (Å²) in [7, 11) is -3.81. The fourth-order valence-corrected chi connectivity index (χ4v) is 8.59. The summed E-state index contributed by atoms with van der Waals surface area (Å²) < 4.78 is 31.7. The Balaban J connectivity index is 1.25. The van der Waals surface area contributed by atoms with Gasteiger partial charge in [-0.2, -0.15) is 4.31 Å². The smallest absolute Gasteiger partial charge is 0.304 e. The average molecular weight is 615 g/mol. The Bertz CT molecular complexity index is 1850. The Labute approximate surface area is 257 Å². The van der Waals surface area contributed by atoms with Crippen molar-refractivity contribution in [3.05, 3.63) is 76.5 Å². The van der Waals surface area contributed by atoms with Crippen molar-refractivity contribution in [2.75, 3.05) is 18.0 Å². The number of hydrogen-bond acceptors (Lipinski definition) is 7. The van der Waals surface area contributed by atoms with Crippen LogP contribution in [-0.4, -0.2) is 62.9 Å². The molecule has 1 aliphatic carbocycles. The Morgan fingerprint density at radius 3 is 2.73 bits per heavy atom. The molecule has 230 valence electrons. The molecule has 2 fully saturated rings. The topological polar surface area (TPSA) is 122 Å². The van der Waals surface area contributed by atoms with Crippen molar-refractivity contribution >= 4 is 32.8 Å². The summed E-state index contributed by atoms with van der Waals surface area (Å²) in [6, 6.07) is 13.4. The lowest BCUT2D eigenvalue weighted by Crippen LogP contribution is -2.45. The third-order valence-corrected chi connectivity index (χ3v) is 11.5. The van der Waals surface area contributed by atoms with Gasteiger partial charge in [-0.1, -0.05) is 29.5 Å². The number of anilines is 1. The number of rotatable bonds is 8. The number of aromatic nitrogens is 4. The first kappa shape index (κ1) is 28.9. The number of carbonyl (C=O) groups is 1. The van der Waals surface area contributed by atoms with Crippen LogP contribution in [0.2, 0.25) is 0 Å². The van der Waals surface area contributed by atoms with Gasteiger partial charge in [0.2, 0.25) is 10.0 Å². The molecule has 2 aromatic carbocycles. The molecule has 2 aliphatic heterocycles. The summed E-state index contributed by atoms with van der Waals surface area (Å²) >= 11 is 0. The molecular formula is C33H38N6O4S. The minimum absolute atomic E-state index is 0.0561. The summed E-state index contributed by atoms with van der Waals surface area (Å²) in [5.41, 5.74) is 6.26. The molecule has 10 nitrogen and oxygen atoms in total. The van der Waals surface area contributed by atoms with Gasteiger partial charge in [0.05, 0.1) is 11.9 Å². The lowest BCUT2D eigenvalue weighted by atomic mass is 9.84. The predicted octanol–water partition coefficient (Wildman–Crippen LogP) is 5.02. The Morgan fingerprint density at radius 1 is 1.09 bits per heavy atom. The minimum Gasteiger partial charge on any atom is -0.481 e. The van der Waals surface area contributed by atoms with E-state index in [9.17, 15) is 18.3 Å². The first-order valence-corrected chi connectivity index (χ1v) is 17.0. The summed E-state index contributed by atoms with van der Waals surface area (Å²) in [4.78, 5) is 19.1. The van der Waals surface area contributed by atoms with Gasteiger partial charge in [-0.25, -0.2) is 18.1 Å². The zero-order valence-electron chi connectivity index (χ0n) is 25.2. The van der Waals surface area contributed by atoms with Gasteiger partial charge in [-0.3, -0.25) is 4.79 Å². The maximum Gasteiger partial charge on any atom is 0.304 e. The minimum atomic E-state index is -3.81. The van der Waals surface area contributed by atoms with Crippen LogP contribution in [0.25, 0.3) is 11.0 Å². The number of aryl methyl sites for hydroxylation is 2. The normalized spacial score (nSPS) is 20.6. The van der Waals surface area contributed by atoms with E-state index in [-0.39, 0.29) is 23.9 Å². The van der Waals surface area contributed by atoms with Crippen LogP contribution in [0, 0.1) is 19.8 Å². The molecule has 0 radical (unpaired) electrons. The summed E-state index contributed by atoms with van der Waals surface area (Å²) in [6.45, 7) is 6.20. The lowest BCUT2D eigenvalue weighted by molar-refractivity contribution is -0.137. The number of aliphatic carboxylic acids is 1. The molecule has 44 heavy (non-hydrogen) atoms. The number of hydrogen-bond donors (Lipinski definition) is 1. The van der Waals surface area contributed by atoms with Crippen LogP contribution in [0.3, 0.4) is 0 Å². The fraction of sp³-hybridized carbons (Fsp3) is 0.455. The van der Waals surface area contributed by atoms with Gasteiger partial charge < -0.3 is 10.0 Å². The highest BCUT2D eigenvalue weighted by atomic mass is 32.2. The number of sulfonamides is 1. The van der Waals surface area contributed by atoms with Crippen molar-refractivity contribution < 1.29 is 18.3 Å². The van der Waals surface area contributed by atoms with Crippen LogP contribution in [0.4, 0.5) is 5.82 Å². The first-order chi connectivity index (χ1) is 21.2. The Morgan fingerprint density at radius 2 is 1.93 bits per heavy atom. The second-order valence-corrected chi connectivity index (χ2v) is 14.6. The van der Waals surface area contributed by atoms with Gasteiger partial charge in [-0.05, 0) is 97.9 Å². The van der Waals surface area contributed by atoms with Crippen molar-refractivity contribution in [3.8, 4) is 0 Å². The van der Waals surface area contributed by atoms with E-state index in [4.69, 9.17) is 0 Å². The highest BCUT2D eigenvalue weighted by molar-refractivity contribution is 7.89. The molecule has 7 rings (SSSR count). The van der Waals surface area contributed by atoms with E-state index in [1.165, 1.54) is 12.8 Å². The fourth-order valence-electron chi connectivity index (χ4n) is 6.98. The standard InChI is InChI=1S/C33H38N6O4S/c1-21-8-11-24(28(17-31(40)41)27-12-13-29-32(22(27)2)35-36-39(29)18-23-9-10-23)16-25(21)19-37-20-26-6-3-4-15-38(26)33-30(44(37,42)43)7-5-14-34-33/h5,7-8,11-14,16,23,26,28H,3-4,6,9-10,15,17-20H2,1-2H3,(H,40,41). The Kier molecular flexibility index (Phi) is 7.40. The van der Waals surface area contributed by atoms with Crippen LogP contribution < -0.4 is 4.90 Å². The lowest BCUT2D eigenvalue weighted by Gasteiger charge is -2.36. The molecule has 1 saturated carbocycles. The van der Waals surface area contributed by atoms with E-state index in [1.54, 1.807) is 22.6 Å². The number of carboxylic acid groups (broad SMARTS) is 1. The molecule has 0 spiro atoms. The maximum atomic E-state index is 14.1. The van der Waals surface area contributed by atoms with Crippen molar-refractivity contribution in [3.63, 3.8) is 0 Å². The van der Waals surface area contributed by atoms with Crippen molar-refractivity contribution in [2.45, 2.75) is 82.3 Å². The van der Waals surface area contributed by atoms with Gasteiger partial charge in [0.25, 0.3) is 0 Å². The molecule has 3 aliphatic rings. The number of nitrogens with zero attached hydrogens (tertiary/aromatic N) is 6.